The van der Waals surface area contributed by atoms with Crippen molar-refractivity contribution in [1.82, 2.24) is 0 Å². The largest absolute Gasteiger partial charge is 0.465 e. The fourth-order valence-electron chi connectivity index (χ4n) is 5.70. The highest BCUT2D eigenvalue weighted by molar-refractivity contribution is 6.74. The molecule has 3 aliphatic carbocycles. The Balaban J connectivity index is 1.61. The van der Waals surface area contributed by atoms with Crippen LogP contribution >= 0.6 is 0 Å². The SMILES string of the molecule is CC(C)COC(=O)C[C@H](CCB1O[C@@H]2C[C@@H]3C[C@@H](C3(C)C)[C@]2(C)O1)O[Si](C)(C)C(C)(C)C. The van der Waals surface area contributed by atoms with Gasteiger partial charge in [-0.1, -0.05) is 48.5 Å². The van der Waals surface area contributed by atoms with E-state index in [0.29, 0.717) is 30.3 Å². The standard InChI is InChI=1S/C25H47BO5Si/c1-17(2)16-28-22(27)15-19(30-32(9,10)23(3,4)5)11-12-26-29-21-14-18-13-20(24(18,6)7)25(21,8)31-26/h17-21H,11-16H2,1-10H3/t18-,19-,20-,21+,25-/m0/s1. The van der Waals surface area contributed by atoms with Gasteiger partial charge in [-0.05, 0) is 73.8 Å². The molecular weight excluding hydrogens is 419 g/mol. The van der Waals surface area contributed by atoms with E-state index < -0.39 is 8.32 Å². The minimum atomic E-state index is -2.01. The highest BCUT2D eigenvalue weighted by Gasteiger charge is 2.67. The van der Waals surface area contributed by atoms with Crippen molar-refractivity contribution in [2.45, 2.75) is 123 Å². The van der Waals surface area contributed by atoms with Gasteiger partial charge in [-0.3, -0.25) is 4.79 Å². The Kier molecular flexibility index (Phi) is 7.39. The van der Waals surface area contributed by atoms with E-state index in [1.807, 2.05) is 0 Å². The number of hydrogen-bond acceptors (Lipinski definition) is 5. The molecule has 7 heteroatoms. The third-order valence-corrected chi connectivity index (χ3v) is 13.5. The van der Waals surface area contributed by atoms with Crippen molar-refractivity contribution in [1.29, 1.82) is 0 Å². The first-order valence-corrected chi connectivity index (χ1v) is 15.6. The van der Waals surface area contributed by atoms with E-state index in [-0.39, 0.29) is 35.9 Å². The van der Waals surface area contributed by atoms with E-state index in [9.17, 15) is 4.79 Å². The zero-order valence-corrected chi connectivity index (χ0v) is 23.2. The molecule has 4 aliphatic rings. The fourth-order valence-corrected chi connectivity index (χ4v) is 7.09. The highest BCUT2D eigenvalue weighted by Crippen LogP contribution is 2.65. The normalized spacial score (nSPS) is 32.5. The number of hydrogen-bond donors (Lipinski definition) is 0. The molecule has 0 aromatic rings. The van der Waals surface area contributed by atoms with Gasteiger partial charge in [-0.25, -0.2) is 0 Å². The summed E-state index contributed by atoms with van der Waals surface area (Å²) in [6.45, 7) is 22.8. The summed E-state index contributed by atoms with van der Waals surface area (Å²) in [6.07, 6.45) is 4.18. The third kappa shape index (κ3) is 5.16. The summed E-state index contributed by atoms with van der Waals surface area (Å²) in [4.78, 5) is 12.5. The molecule has 1 aliphatic heterocycles. The van der Waals surface area contributed by atoms with Crippen molar-refractivity contribution >= 4 is 21.4 Å². The molecule has 5 nitrogen and oxygen atoms in total. The fraction of sp³-hybridized carbons (Fsp3) is 0.960. The van der Waals surface area contributed by atoms with Crippen LogP contribution in [0.1, 0.15) is 81.1 Å². The van der Waals surface area contributed by atoms with Gasteiger partial charge in [-0.15, -0.1) is 0 Å². The lowest BCUT2D eigenvalue weighted by Crippen LogP contribution is -2.65. The Morgan fingerprint density at radius 3 is 2.41 bits per heavy atom. The number of carbonyl (C=O) groups excluding carboxylic acids is 1. The maximum absolute atomic E-state index is 12.5. The van der Waals surface area contributed by atoms with Crippen LogP contribution in [0.2, 0.25) is 24.5 Å². The maximum Gasteiger partial charge on any atom is 0.457 e. The Morgan fingerprint density at radius 1 is 1.19 bits per heavy atom. The average molecular weight is 467 g/mol. The smallest absolute Gasteiger partial charge is 0.457 e. The zero-order chi connectivity index (χ0) is 24.1. The van der Waals surface area contributed by atoms with Gasteiger partial charge in [-0.2, -0.15) is 0 Å². The molecule has 0 radical (unpaired) electrons. The molecule has 3 saturated carbocycles. The van der Waals surface area contributed by atoms with Crippen LogP contribution in [-0.4, -0.2) is 45.8 Å². The average Bonchev–Trinajstić information content (AvgIpc) is 2.99. The van der Waals surface area contributed by atoms with Crippen molar-refractivity contribution in [3.05, 3.63) is 0 Å². The summed E-state index contributed by atoms with van der Waals surface area (Å²) in [7, 11) is -2.23. The van der Waals surface area contributed by atoms with Gasteiger partial charge >= 0.3 is 13.1 Å². The summed E-state index contributed by atoms with van der Waals surface area (Å²) in [5, 5.41) is 0.0857. The molecule has 1 saturated heterocycles. The van der Waals surface area contributed by atoms with Crippen molar-refractivity contribution in [2.75, 3.05) is 6.61 Å². The summed E-state index contributed by atoms with van der Waals surface area (Å²) >= 11 is 0. The summed E-state index contributed by atoms with van der Waals surface area (Å²) < 4.78 is 25.1. The number of ether oxygens (including phenoxy) is 1. The molecular formula is C25H47BO5Si. The van der Waals surface area contributed by atoms with E-state index in [0.717, 1.165) is 25.1 Å². The summed E-state index contributed by atoms with van der Waals surface area (Å²) in [5.74, 6) is 1.48. The van der Waals surface area contributed by atoms with E-state index in [4.69, 9.17) is 18.5 Å². The molecule has 32 heavy (non-hydrogen) atoms. The van der Waals surface area contributed by atoms with Crippen LogP contribution < -0.4 is 0 Å². The van der Waals surface area contributed by atoms with Crippen molar-refractivity contribution in [3.8, 4) is 0 Å². The minimum Gasteiger partial charge on any atom is -0.465 e. The second kappa shape index (κ2) is 9.01. The third-order valence-electron chi connectivity index (χ3n) is 8.97. The van der Waals surface area contributed by atoms with E-state index in [2.05, 4.69) is 68.5 Å². The van der Waals surface area contributed by atoms with Crippen LogP contribution in [0.5, 0.6) is 0 Å². The van der Waals surface area contributed by atoms with Crippen LogP contribution in [0.15, 0.2) is 0 Å². The quantitative estimate of drug-likeness (QED) is 0.304. The van der Waals surface area contributed by atoms with E-state index in [1.165, 1.54) is 6.42 Å². The van der Waals surface area contributed by atoms with Crippen LogP contribution in [0.25, 0.3) is 0 Å². The van der Waals surface area contributed by atoms with Gasteiger partial charge in [0.2, 0.25) is 0 Å². The van der Waals surface area contributed by atoms with Gasteiger partial charge in [0.1, 0.15) is 0 Å². The number of carbonyl (C=O) groups is 1. The maximum atomic E-state index is 12.5. The summed E-state index contributed by atoms with van der Waals surface area (Å²) in [5.41, 5.74) is 0.159. The monoisotopic (exact) mass is 466 g/mol. The molecule has 0 amide bonds. The molecule has 4 fully saturated rings. The van der Waals surface area contributed by atoms with Crippen LogP contribution in [0.3, 0.4) is 0 Å². The molecule has 0 unspecified atom stereocenters. The van der Waals surface area contributed by atoms with Gasteiger partial charge in [0.05, 0.1) is 30.8 Å². The van der Waals surface area contributed by atoms with E-state index in [1.54, 1.807) is 0 Å². The van der Waals surface area contributed by atoms with Crippen LogP contribution in [0.4, 0.5) is 0 Å². The molecule has 5 atom stereocenters. The highest BCUT2D eigenvalue weighted by atomic mass is 28.4. The van der Waals surface area contributed by atoms with Crippen molar-refractivity contribution in [2.24, 2.45) is 23.2 Å². The topological polar surface area (TPSA) is 54.0 Å². The molecule has 1 heterocycles. The van der Waals surface area contributed by atoms with Gasteiger partial charge in [0.15, 0.2) is 8.32 Å². The lowest BCUT2D eigenvalue weighted by atomic mass is 9.43. The van der Waals surface area contributed by atoms with Gasteiger partial charge in [0.25, 0.3) is 0 Å². The first kappa shape index (κ1) is 26.2. The van der Waals surface area contributed by atoms with E-state index >= 15 is 0 Å². The molecule has 0 N–H and O–H groups in total. The summed E-state index contributed by atoms with van der Waals surface area (Å²) in [6, 6.07) is 0. The van der Waals surface area contributed by atoms with Gasteiger partial charge in [0, 0.05) is 0 Å². The molecule has 2 bridgehead atoms. The predicted molar refractivity (Wildman–Crippen MR) is 132 cm³/mol. The lowest BCUT2D eigenvalue weighted by Gasteiger charge is -2.64. The lowest BCUT2D eigenvalue weighted by molar-refractivity contribution is -0.199. The predicted octanol–water partition coefficient (Wildman–Crippen LogP) is 6.08. The zero-order valence-electron chi connectivity index (χ0n) is 22.2. The molecule has 0 aromatic carbocycles. The van der Waals surface area contributed by atoms with Gasteiger partial charge < -0.3 is 18.5 Å². The molecule has 184 valence electrons. The molecule has 4 rings (SSSR count). The number of esters is 1. The number of rotatable bonds is 9. The van der Waals surface area contributed by atoms with Crippen molar-refractivity contribution in [3.63, 3.8) is 0 Å². The molecule has 0 aromatic heterocycles. The molecule has 0 spiro atoms. The second-order valence-electron chi connectivity index (χ2n) is 13.3. The first-order chi connectivity index (χ1) is 14.6. The van der Waals surface area contributed by atoms with Crippen LogP contribution in [-0.2, 0) is 23.3 Å². The first-order valence-electron chi connectivity index (χ1n) is 12.7. The van der Waals surface area contributed by atoms with Crippen molar-refractivity contribution < 1.29 is 23.3 Å². The Labute approximate surface area is 197 Å². The Hall–Kier alpha value is -0.368. The minimum absolute atomic E-state index is 0.0857. The Bertz CT molecular complexity index is 688. The second-order valence-corrected chi connectivity index (χ2v) is 18.0. The Morgan fingerprint density at radius 2 is 1.84 bits per heavy atom. The van der Waals surface area contributed by atoms with Crippen LogP contribution in [0, 0.1) is 23.2 Å².